The SMILES string of the molecule is NCC(=O)NCCCCCC1(C(=O)NCC(F)(F)F)c2ccccc2-c2ccccc21. The molecule has 0 aromatic heterocycles. The molecule has 1 aliphatic rings. The monoisotopic (exact) mass is 433 g/mol. The van der Waals surface area contributed by atoms with Crippen LogP contribution in [0.25, 0.3) is 11.1 Å². The molecule has 0 unspecified atom stereocenters. The molecule has 0 aliphatic heterocycles. The molecule has 0 spiro atoms. The lowest BCUT2D eigenvalue weighted by Crippen LogP contribution is -2.47. The number of carbonyl (C=O) groups is 2. The van der Waals surface area contributed by atoms with Crippen LogP contribution in [0.5, 0.6) is 0 Å². The van der Waals surface area contributed by atoms with Gasteiger partial charge in [-0.25, -0.2) is 0 Å². The van der Waals surface area contributed by atoms with Gasteiger partial charge in [-0.1, -0.05) is 61.4 Å². The summed E-state index contributed by atoms with van der Waals surface area (Å²) < 4.78 is 38.5. The molecule has 2 aromatic rings. The number of alkyl halides is 3. The number of benzene rings is 2. The summed E-state index contributed by atoms with van der Waals surface area (Å²) in [7, 11) is 0. The number of carbonyl (C=O) groups excluding carboxylic acids is 2. The highest BCUT2D eigenvalue weighted by Crippen LogP contribution is 2.51. The zero-order valence-corrected chi connectivity index (χ0v) is 17.1. The van der Waals surface area contributed by atoms with Gasteiger partial charge in [-0.2, -0.15) is 13.2 Å². The minimum Gasteiger partial charge on any atom is -0.355 e. The van der Waals surface area contributed by atoms with Crippen molar-refractivity contribution >= 4 is 11.8 Å². The topological polar surface area (TPSA) is 84.2 Å². The number of amides is 2. The smallest absolute Gasteiger partial charge is 0.355 e. The minimum absolute atomic E-state index is 0.0734. The van der Waals surface area contributed by atoms with Crippen LogP contribution >= 0.6 is 0 Å². The molecule has 0 saturated heterocycles. The molecule has 0 bridgehead atoms. The number of hydrogen-bond acceptors (Lipinski definition) is 3. The number of nitrogens with one attached hydrogen (secondary N) is 2. The third-order valence-electron chi connectivity index (χ3n) is 5.64. The van der Waals surface area contributed by atoms with Crippen LogP contribution in [0.1, 0.15) is 36.8 Å². The van der Waals surface area contributed by atoms with Gasteiger partial charge in [0, 0.05) is 6.54 Å². The molecular weight excluding hydrogens is 407 g/mol. The quantitative estimate of drug-likeness (QED) is 0.531. The van der Waals surface area contributed by atoms with Crippen molar-refractivity contribution in [3.63, 3.8) is 0 Å². The highest BCUT2D eigenvalue weighted by molar-refractivity contribution is 6.00. The van der Waals surface area contributed by atoms with E-state index in [1.165, 1.54) is 0 Å². The van der Waals surface area contributed by atoms with Crippen LogP contribution in [0.2, 0.25) is 0 Å². The Kier molecular flexibility index (Phi) is 7.00. The predicted octanol–water partition coefficient (Wildman–Crippen LogP) is 3.27. The van der Waals surface area contributed by atoms with Crippen molar-refractivity contribution in [3.05, 3.63) is 59.7 Å². The number of hydrogen-bond donors (Lipinski definition) is 3. The molecule has 4 N–H and O–H groups in total. The maximum atomic E-state index is 13.3. The summed E-state index contributed by atoms with van der Waals surface area (Å²) in [5.74, 6) is -0.875. The van der Waals surface area contributed by atoms with Gasteiger partial charge < -0.3 is 16.4 Å². The molecule has 0 radical (unpaired) electrons. The first-order chi connectivity index (χ1) is 14.8. The Morgan fingerprint density at radius 2 is 1.45 bits per heavy atom. The fourth-order valence-electron chi connectivity index (χ4n) is 4.28. The highest BCUT2D eigenvalue weighted by atomic mass is 19.4. The Morgan fingerprint density at radius 1 is 0.871 bits per heavy atom. The summed E-state index contributed by atoms with van der Waals surface area (Å²) in [5.41, 5.74) is 7.28. The highest BCUT2D eigenvalue weighted by Gasteiger charge is 2.49. The lowest BCUT2D eigenvalue weighted by atomic mass is 9.73. The van der Waals surface area contributed by atoms with Gasteiger partial charge in [0.2, 0.25) is 11.8 Å². The zero-order valence-electron chi connectivity index (χ0n) is 17.1. The Balaban J connectivity index is 1.86. The Bertz CT molecular complexity index is 898. The summed E-state index contributed by atoms with van der Waals surface area (Å²) in [6, 6.07) is 14.8. The average Bonchev–Trinajstić information content (AvgIpc) is 3.05. The summed E-state index contributed by atoms with van der Waals surface area (Å²) in [6.45, 7) is -0.977. The molecule has 31 heavy (non-hydrogen) atoms. The van der Waals surface area contributed by atoms with E-state index in [1.807, 2.05) is 36.4 Å². The summed E-state index contributed by atoms with van der Waals surface area (Å²) in [6.07, 6.45) is -2.11. The maximum Gasteiger partial charge on any atom is 0.405 e. The lowest BCUT2D eigenvalue weighted by Gasteiger charge is -2.31. The van der Waals surface area contributed by atoms with E-state index in [4.69, 9.17) is 5.73 Å². The molecule has 8 heteroatoms. The molecule has 2 amide bonds. The van der Waals surface area contributed by atoms with Crippen LogP contribution in [0.3, 0.4) is 0 Å². The van der Waals surface area contributed by atoms with Crippen LogP contribution in [0.15, 0.2) is 48.5 Å². The molecule has 0 saturated carbocycles. The van der Waals surface area contributed by atoms with Crippen molar-refractivity contribution in [2.45, 2.75) is 37.3 Å². The fraction of sp³-hybridized carbons (Fsp3) is 0.391. The van der Waals surface area contributed by atoms with Gasteiger partial charge in [0.1, 0.15) is 12.0 Å². The van der Waals surface area contributed by atoms with E-state index in [1.54, 1.807) is 12.1 Å². The van der Waals surface area contributed by atoms with Crippen molar-refractivity contribution in [1.82, 2.24) is 10.6 Å². The third kappa shape index (κ3) is 4.90. The number of unbranched alkanes of at least 4 members (excludes halogenated alkanes) is 2. The average molecular weight is 433 g/mol. The van der Waals surface area contributed by atoms with E-state index in [-0.39, 0.29) is 12.5 Å². The van der Waals surface area contributed by atoms with Crippen LogP contribution in [-0.2, 0) is 15.0 Å². The van der Waals surface area contributed by atoms with Crippen LogP contribution < -0.4 is 16.4 Å². The second kappa shape index (κ2) is 9.51. The molecular formula is C23H26F3N3O2. The van der Waals surface area contributed by atoms with E-state index in [0.29, 0.717) is 32.2 Å². The predicted molar refractivity (Wildman–Crippen MR) is 112 cm³/mol. The van der Waals surface area contributed by atoms with Crippen LogP contribution in [0, 0.1) is 0 Å². The lowest BCUT2D eigenvalue weighted by molar-refractivity contribution is -0.141. The second-order valence-electron chi connectivity index (χ2n) is 7.66. The summed E-state index contributed by atoms with van der Waals surface area (Å²) >= 11 is 0. The van der Waals surface area contributed by atoms with Gasteiger partial charge in [-0.15, -0.1) is 0 Å². The fourth-order valence-corrected chi connectivity index (χ4v) is 4.28. The van der Waals surface area contributed by atoms with Crippen LogP contribution in [-0.4, -0.2) is 37.6 Å². The van der Waals surface area contributed by atoms with Gasteiger partial charge in [0.15, 0.2) is 0 Å². The van der Waals surface area contributed by atoms with Crippen molar-refractivity contribution in [1.29, 1.82) is 0 Å². The van der Waals surface area contributed by atoms with E-state index in [2.05, 4.69) is 10.6 Å². The van der Waals surface area contributed by atoms with Crippen molar-refractivity contribution in [2.75, 3.05) is 19.6 Å². The van der Waals surface area contributed by atoms with E-state index in [9.17, 15) is 22.8 Å². The molecule has 0 fully saturated rings. The van der Waals surface area contributed by atoms with Gasteiger partial charge in [-0.05, 0) is 35.1 Å². The standard InChI is InChI=1S/C23H26F3N3O2/c24-23(25,26)15-29-21(31)22(12-6-1-7-13-28-20(30)14-27)18-10-4-2-8-16(18)17-9-3-5-11-19(17)22/h2-5,8-11H,1,6-7,12-15,27H2,(H,28,30)(H,29,31). The number of fused-ring (bicyclic) bond motifs is 3. The number of nitrogens with two attached hydrogens (primary N) is 1. The summed E-state index contributed by atoms with van der Waals surface area (Å²) in [5, 5.41) is 4.82. The largest absolute Gasteiger partial charge is 0.405 e. The molecule has 1 aliphatic carbocycles. The normalized spacial score (nSPS) is 13.9. The molecule has 0 atom stereocenters. The molecule has 166 valence electrons. The molecule has 5 nitrogen and oxygen atoms in total. The number of rotatable bonds is 9. The zero-order chi connectivity index (χ0) is 22.5. The number of halogens is 3. The van der Waals surface area contributed by atoms with E-state index in [0.717, 1.165) is 22.3 Å². The van der Waals surface area contributed by atoms with Gasteiger partial charge in [0.05, 0.1) is 6.54 Å². The minimum atomic E-state index is -4.49. The molecule has 2 aromatic carbocycles. The van der Waals surface area contributed by atoms with E-state index >= 15 is 0 Å². The third-order valence-corrected chi connectivity index (χ3v) is 5.64. The second-order valence-corrected chi connectivity index (χ2v) is 7.66. The first-order valence-electron chi connectivity index (χ1n) is 10.3. The van der Waals surface area contributed by atoms with Crippen LogP contribution in [0.4, 0.5) is 13.2 Å². The van der Waals surface area contributed by atoms with Gasteiger partial charge in [-0.3, -0.25) is 9.59 Å². The summed E-state index contributed by atoms with van der Waals surface area (Å²) in [4.78, 5) is 24.5. The Morgan fingerprint density at radius 3 is 2.00 bits per heavy atom. The molecule has 3 rings (SSSR count). The molecule has 0 heterocycles. The van der Waals surface area contributed by atoms with Crippen molar-refractivity contribution in [2.24, 2.45) is 5.73 Å². The first kappa shape index (κ1) is 22.8. The maximum absolute atomic E-state index is 13.3. The van der Waals surface area contributed by atoms with E-state index < -0.39 is 24.0 Å². The Labute approximate surface area is 179 Å². The van der Waals surface area contributed by atoms with Crippen molar-refractivity contribution < 1.29 is 22.8 Å². The van der Waals surface area contributed by atoms with Gasteiger partial charge in [0.25, 0.3) is 0 Å². The Hall–Kier alpha value is -2.87. The first-order valence-corrected chi connectivity index (χ1v) is 10.3. The van der Waals surface area contributed by atoms with Gasteiger partial charge >= 0.3 is 6.18 Å². The van der Waals surface area contributed by atoms with Crippen molar-refractivity contribution in [3.8, 4) is 11.1 Å².